The number of H-pyrrole nitrogens is 2. The Labute approximate surface area is 239 Å². The number of aryl methyl sites for hydroxylation is 1. The lowest BCUT2D eigenvalue weighted by atomic mass is 10.0. The maximum Gasteiger partial charge on any atom is 0.315 e. The van der Waals surface area contributed by atoms with E-state index in [1.807, 2.05) is 42.2 Å². The number of aromatic amines is 2. The summed E-state index contributed by atoms with van der Waals surface area (Å²) < 4.78 is 5.65. The SMILES string of the molecule is Cc1[nH]c2ccccc2c1-c1csc(-c2c[nH]c3cc(OC(=O)CCCC[C@@H]4SC[C@@H]5NC(=O)N[C@@H]54)ccc23)n1. The van der Waals surface area contributed by atoms with Crippen LogP contribution in [0.2, 0.25) is 0 Å². The molecule has 4 N–H and O–H groups in total. The lowest BCUT2D eigenvalue weighted by Gasteiger charge is -2.16. The summed E-state index contributed by atoms with van der Waals surface area (Å²) in [5, 5.41) is 11.7. The molecule has 0 aliphatic carbocycles. The van der Waals surface area contributed by atoms with Crippen molar-refractivity contribution in [2.75, 3.05) is 5.75 Å². The van der Waals surface area contributed by atoms with E-state index in [1.165, 1.54) is 5.39 Å². The molecule has 40 heavy (non-hydrogen) atoms. The minimum absolute atomic E-state index is 0.0630. The second kappa shape index (κ2) is 10.3. The molecule has 3 atom stereocenters. The van der Waals surface area contributed by atoms with Crippen LogP contribution in [0.4, 0.5) is 4.79 Å². The molecule has 2 fully saturated rings. The van der Waals surface area contributed by atoms with Crippen LogP contribution in [-0.4, -0.2) is 50.0 Å². The Morgan fingerprint density at radius 3 is 2.92 bits per heavy atom. The molecule has 5 heterocycles. The highest BCUT2D eigenvalue weighted by Crippen LogP contribution is 2.38. The van der Waals surface area contributed by atoms with Crippen LogP contribution in [0.1, 0.15) is 31.4 Å². The minimum Gasteiger partial charge on any atom is -0.426 e. The zero-order valence-electron chi connectivity index (χ0n) is 22.0. The number of hydrogen-bond acceptors (Lipinski definition) is 6. The molecule has 2 aliphatic rings. The molecule has 0 bridgehead atoms. The number of unbranched alkanes of at least 4 members (excludes halogenated alkanes) is 1. The summed E-state index contributed by atoms with van der Waals surface area (Å²) in [7, 11) is 0. The van der Waals surface area contributed by atoms with Gasteiger partial charge >= 0.3 is 12.0 Å². The highest BCUT2D eigenvalue weighted by molar-refractivity contribution is 8.00. The van der Waals surface area contributed by atoms with Crippen LogP contribution in [0.25, 0.3) is 43.6 Å². The van der Waals surface area contributed by atoms with Gasteiger partial charge in [0, 0.05) is 73.7 Å². The molecule has 10 heteroatoms. The van der Waals surface area contributed by atoms with Crippen molar-refractivity contribution in [3.63, 3.8) is 0 Å². The van der Waals surface area contributed by atoms with Gasteiger partial charge in [0.2, 0.25) is 0 Å². The van der Waals surface area contributed by atoms with Crippen LogP contribution in [0.3, 0.4) is 0 Å². The number of esters is 1. The van der Waals surface area contributed by atoms with Crippen molar-refractivity contribution in [1.82, 2.24) is 25.6 Å². The number of ether oxygens (including phenoxy) is 1. The third kappa shape index (κ3) is 4.65. The molecule has 5 aromatic rings. The van der Waals surface area contributed by atoms with E-state index in [1.54, 1.807) is 11.3 Å². The number of nitrogens with zero attached hydrogens (tertiary/aromatic N) is 1. The molecule has 0 unspecified atom stereocenters. The van der Waals surface area contributed by atoms with E-state index in [0.717, 1.165) is 69.0 Å². The van der Waals surface area contributed by atoms with E-state index < -0.39 is 0 Å². The Bertz CT molecular complexity index is 1740. The van der Waals surface area contributed by atoms with Crippen LogP contribution < -0.4 is 15.4 Å². The Morgan fingerprint density at radius 1 is 1.10 bits per heavy atom. The van der Waals surface area contributed by atoms with E-state index in [4.69, 9.17) is 9.72 Å². The normalized spacial score (nSPS) is 20.1. The Morgan fingerprint density at radius 2 is 2.00 bits per heavy atom. The van der Waals surface area contributed by atoms with Crippen molar-refractivity contribution in [2.45, 2.75) is 49.9 Å². The first-order valence-electron chi connectivity index (χ1n) is 13.6. The van der Waals surface area contributed by atoms with E-state index in [2.05, 4.69) is 51.1 Å². The molecular formula is C30H29N5O3S2. The average molecular weight is 572 g/mol. The fourth-order valence-electron chi connectivity index (χ4n) is 5.91. The van der Waals surface area contributed by atoms with E-state index >= 15 is 0 Å². The molecule has 0 radical (unpaired) electrons. The molecule has 2 saturated heterocycles. The van der Waals surface area contributed by atoms with Crippen LogP contribution in [0, 0.1) is 6.92 Å². The number of hydrogen-bond donors (Lipinski definition) is 4. The number of urea groups is 1. The van der Waals surface area contributed by atoms with Gasteiger partial charge in [-0.2, -0.15) is 11.8 Å². The number of carbonyl (C=O) groups excluding carboxylic acids is 2. The highest BCUT2D eigenvalue weighted by atomic mass is 32.2. The molecule has 7 rings (SSSR count). The van der Waals surface area contributed by atoms with Gasteiger partial charge in [0.05, 0.1) is 17.8 Å². The monoisotopic (exact) mass is 571 g/mol. The molecule has 2 aromatic carbocycles. The molecule has 2 aliphatic heterocycles. The van der Waals surface area contributed by atoms with Crippen molar-refractivity contribution >= 4 is 56.9 Å². The van der Waals surface area contributed by atoms with Gasteiger partial charge < -0.3 is 25.3 Å². The quantitative estimate of drug-likeness (QED) is 0.0748. The predicted molar refractivity (Wildman–Crippen MR) is 161 cm³/mol. The predicted octanol–water partition coefficient (Wildman–Crippen LogP) is 6.38. The van der Waals surface area contributed by atoms with Crippen LogP contribution >= 0.6 is 23.1 Å². The third-order valence-electron chi connectivity index (χ3n) is 7.83. The van der Waals surface area contributed by atoms with Gasteiger partial charge in [-0.05, 0) is 38.0 Å². The van der Waals surface area contributed by atoms with Gasteiger partial charge in [-0.3, -0.25) is 4.79 Å². The second-order valence-electron chi connectivity index (χ2n) is 10.5. The Balaban J connectivity index is 0.981. The molecule has 8 nitrogen and oxygen atoms in total. The molecule has 0 saturated carbocycles. The van der Waals surface area contributed by atoms with Crippen molar-refractivity contribution in [2.24, 2.45) is 0 Å². The number of aromatic nitrogens is 3. The van der Waals surface area contributed by atoms with Gasteiger partial charge in [0.15, 0.2) is 0 Å². The standard InChI is InChI=1S/C30H29N5O3S2/c1-16-27(19-6-2-3-7-21(19)32-16)23-14-40-29(33-23)20-13-31-22-12-17(10-11-18(20)22)38-26(36)9-5-4-8-25-28-24(15-39-25)34-30(37)35-28/h2-3,6-7,10-14,24-25,28,31-32H,4-5,8-9,15H2,1H3,(H2,34,35,37)/t24-,25-,28-/m0/s1. The Kier molecular flexibility index (Phi) is 6.51. The van der Waals surface area contributed by atoms with Gasteiger partial charge in [-0.15, -0.1) is 11.3 Å². The maximum atomic E-state index is 12.5. The minimum atomic E-state index is -0.224. The number of para-hydroxylation sites is 1. The number of thiazole rings is 1. The first kappa shape index (κ1) is 25.2. The number of thioether (sulfide) groups is 1. The zero-order chi connectivity index (χ0) is 27.2. The topological polar surface area (TPSA) is 112 Å². The lowest BCUT2D eigenvalue weighted by Crippen LogP contribution is -2.36. The van der Waals surface area contributed by atoms with E-state index in [0.29, 0.717) is 17.4 Å². The largest absolute Gasteiger partial charge is 0.426 e. The van der Waals surface area contributed by atoms with Crippen LogP contribution in [-0.2, 0) is 4.79 Å². The molecule has 0 spiro atoms. The number of amides is 2. The number of carbonyl (C=O) groups is 2. The van der Waals surface area contributed by atoms with E-state index in [9.17, 15) is 9.59 Å². The van der Waals surface area contributed by atoms with Gasteiger partial charge in [0.25, 0.3) is 0 Å². The number of rotatable bonds is 8. The molecule has 204 valence electrons. The summed E-state index contributed by atoms with van der Waals surface area (Å²) in [5.74, 6) is 1.26. The Hall–Kier alpha value is -3.76. The highest BCUT2D eigenvalue weighted by Gasteiger charge is 2.42. The summed E-state index contributed by atoms with van der Waals surface area (Å²) >= 11 is 3.52. The summed E-state index contributed by atoms with van der Waals surface area (Å²) in [6.07, 6.45) is 5.02. The third-order valence-corrected chi connectivity index (χ3v) is 10.2. The smallest absolute Gasteiger partial charge is 0.315 e. The van der Waals surface area contributed by atoms with Gasteiger partial charge in [-0.1, -0.05) is 24.6 Å². The number of nitrogens with one attached hydrogen (secondary N) is 4. The first-order valence-corrected chi connectivity index (χ1v) is 15.5. The number of fused-ring (bicyclic) bond motifs is 3. The van der Waals surface area contributed by atoms with Crippen molar-refractivity contribution in [3.05, 3.63) is 59.7 Å². The average Bonchev–Trinajstić information content (AvgIpc) is 3.75. The summed E-state index contributed by atoms with van der Waals surface area (Å²) in [4.78, 5) is 35.8. The number of benzene rings is 2. The van der Waals surface area contributed by atoms with Crippen molar-refractivity contribution < 1.29 is 14.3 Å². The van der Waals surface area contributed by atoms with E-state index in [-0.39, 0.29) is 24.1 Å². The molecular weight excluding hydrogens is 542 g/mol. The van der Waals surface area contributed by atoms with Crippen LogP contribution in [0.5, 0.6) is 5.75 Å². The summed E-state index contributed by atoms with van der Waals surface area (Å²) in [5.41, 5.74) is 6.25. The second-order valence-corrected chi connectivity index (χ2v) is 12.6. The fourth-order valence-corrected chi connectivity index (χ4v) is 8.29. The zero-order valence-corrected chi connectivity index (χ0v) is 23.6. The summed E-state index contributed by atoms with van der Waals surface area (Å²) in [6.45, 7) is 2.08. The maximum absolute atomic E-state index is 12.5. The van der Waals surface area contributed by atoms with Gasteiger partial charge in [-0.25, -0.2) is 9.78 Å². The summed E-state index contributed by atoms with van der Waals surface area (Å²) in [6, 6.07) is 14.4. The lowest BCUT2D eigenvalue weighted by molar-refractivity contribution is -0.134. The van der Waals surface area contributed by atoms with Crippen molar-refractivity contribution in [3.8, 4) is 27.6 Å². The van der Waals surface area contributed by atoms with Crippen molar-refractivity contribution in [1.29, 1.82) is 0 Å². The fraction of sp³-hybridized carbons (Fsp3) is 0.300. The van der Waals surface area contributed by atoms with Gasteiger partial charge in [0.1, 0.15) is 10.8 Å². The molecule has 2 amide bonds. The molecule has 3 aromatic heterocycles. The van der Waals surface area contributed by atoms with Crippen LogP contribution in [0.15, 0.2) is 54.0 Å². The first-order chi connectivity index (χ1) is 19.5.